The molecule has 1 aliphatic rings. The van der Waals surface area contributed by atoms with E-state index >= 15 is 0 Å². The molecule has 0 aliphatic carbocycles. The van der Waals surface area contributed by atoms with Crippen LogP contribution in [0, 0.1) is 0 Å². The lowest BCUT2D eigenvalue weighted by atomic mass is 10.3. The van der Waals surface area contributed by atoms with Crippen molar-refractivity contribution in [3.8, 4) is 5.75 Å². The van der Waals surface area contributed by atoms with E-state index in [0.29, 0.717) is 18.0 Å². The maximum absolute atomic E-state index is 12.2. The van der Waals surface area contributed by atoms with Gasteiger partial charge in [0.1, 0.15) is 12.4 Å². The maximum atomic E-state index is 12.2. The van der Waals surface area contributed by atoms with Gasteiger partial charge >= 0.3 is 0 Å². The first-order valence-corrected chi connectivity index (χ1v) is 8.31. The summed E-state index contributed by atoms with van der Waals surface area (Å²) in [6.45, 7) is 0.594. The van der Waals surface area contributed by atoms with Crippen molar-refractivity contribution in [1.82, 2.24) is 4.31 Å². The highest BCUT2D eigenvalue weighted by molar-refractivity contribution is 7.89. The highest BCUT2D eigenvalue weighted by Crippen LogP contribution is 2.20. The predicted octanol–water partition coefficient (Wildman–Crippen LogP) is -0.329. The first-order chi connectivity index (χ1) is 10.0. The summed E-state index contributed by atoms with van der Waals surface area (Å²) in [6.07, 6.45) is -0.459. The van der Waals surface area contributed by atoms with Gasteiger partial charge in [0.05, 0.1) is 30.8 Å². The minimum Gasteiger partial charge on any atom is -0.490 e. The normalized spacial score (nSPS) is 20.3. The predicted molar refractivity (Wildman–Crippen MR) is 78.5 cm³/mol. The number of anilines is 1. The molecule has 7 nitrogen and oxygen atoms in total. The fraction of sp³-hybridized carbons (Fsp3) is 0.538. The van der Waals surface area contributed by atoms with E-state index in [0.717, 1.165) is 0 Å². The number of ether oxygens (including phenoxy) is 2. The van der Waals surface area contributed by atoms with Gasteiger partial charge in [-0.1, -0.05) is 12.1 Å². The maximum Gasteiger partial charge on any atom is 0.217 e. The molecule has 2 rings (SSSR count). The molecule has 1 aromatic carbocycles. The van der Waals surface area contributed by atoms with Crippen molar-refractivity contribution < 1.29 is 23.0 Å². The molecule has 0 spiro atoms. The molecule has 1 heterocycles. The number of nitrogens with zero attached hydrogens (tertiary/aromatic N) is 1. The van der Waals surface area contributed by atoms with Crippen molar-refractivity contribution >= 4 is 15.7 Å². The summed E-state index contributed by atoms with van der Waals surface area (Å²) in [5.74, 6) is 0.336. The van der Waals surface area contributed by atoms with Crippen LogP contribution in [0.3, 0.4) is 0 Å². The summed E-state index contributed by atoms with van der Waals surface area (Å²) >= 11 is 0. The average Bonchev–Trinajstić information content (AvgIpc) is 2.49. The molecule has 0 radical (unpaired) electrons. The molecular formula is C13H20N2O5S. The van der Waals surface area contributed by atoms with E-state index < -0.39 is 16.1 Å². The molecule has 0 amide bonds. The Bertz CT molecular complexity index is 563. The van der Waals surface area contributed by atoms with Crippen LogP contribution in [0.1, 0.15) is 0 Å². The van der Waals surface area contributed by atoms with Gasteiger partial charge in [0.25, 0.3) is 0 Å². The zero-order valence-corrected chi connectivity index (χ0v) is 12.5. The number of benzene rings is 1. The molecule has 1 unspecified atom stereocenters. The molecule has 1 saturated heterocycles. The van der Waals surface area contributed by atoms with Crippen LogP contribution in [-0.4, -0.2) is 62.6 Å². The summed E-state index contributed by atoms with van der Waals surface area (Å²) in [4.78, 5) is 0. The van der Waals surface area contributed by atoms with Crippen LogP contribution in [0.2, 0.25) is 0 Å². The van der Waals surface area contributed by atoms with Crippen LogP contribution in [0.25, 0.3) is 0 Å². The van der Waals surface area contributed by atoms with E-state index in [2.05, 4.69) is 0 Å². The molecule has 3 N–H and O–H groups in total. The highest BCUT2D eigenvalue weighted by Gasteiger charge is 2.28. The van der Waals surface area contributed by atoms with E-state index in [-0.39, 0.29) is 32.1 Å². The molecule has 21 heavy (non-hydrogen) atoms. The second-order valence-corrected chi connectivity index (χ2v) is 6.82. The Morgan fingerprint density at radius 1 is 1.43 bits per heavy atom. The van der Waals surface area contributed by atoms with Crippen molar-refractivity contribution in [2.45, 2.75) is 6.10 Å². The van der Waals surface area contributed by atoms with E-state index in [1.165, 1.54) is 4.31 Å². The Balaban J connectivity index is 1.88. The van der Waals surface area contributed by atoms with Crippen LogP contribution in [0.15, 0.2) is 24.3 Å². The van der Waals surface area contributed by atoms with E-state index in [9.17, 15) is 8.42 Å². The molecule has 1 aromatic rings. The number of hydrogen-bond acceptors (Lipinski definition) is 6. The van der Waals surface area contributed by atoms with Crippen LogP contribution in [0.5, 0.6) is 5.75 Å². The summed E-state index contributed by atoms with van der Waals surface area (Å²) in [5, 5.41) is 9.04. The molecule has 0 aromatic heterocycles. The number of hydrogen-bond donors (Lipinski definition) is 2. The Kier molecular flexibility index (Phi) is 5.40. The third-order valence-corrected chi connectivity index (χ3v) is 5.02. The molecule has 0 bridgehead atoms. The summed E-state index contributed by atoms with van der Waals surface area (Å²) in [7, 11) is -3.43. The summed E-state index contributed by atoms with van der Waals surface area (Å²) in [5.41, 5.74) is 6.19. The number of nitrogen functional groups attached to an aromatic ring is 1. The molecule has 118 valence electrons. The topological polar surface area (TPSA) is 102 Å². The van der Waals surface area contributed by atoms with Crippen molar-refractivity contribution in [1.29, 1.82) is 0 Å². The van der Waals surface area contributed by atoms with Gasteiger partial charge in [0.2, 0.25) is 10.0 Å². The second-order valence-electron chi connectivity index (χ2n) is 4.74. The van der Waals surface area contributed by atoms with Gasteiger partial charge in [-0.2, -0.15) is 4.31 Å². The van der Waals surface area contributed by atoms with Crippen LogP contribution in [-0.2, 0) is 14.8 Å². The van der Waals surface area contributed by atoms with Crippen LogP contribution >= 0.6 is 0 Å². The SMILES string of the molecule is Nc1ccccc1OCCS(=O)(=O)N1CCOC(CO)C1. The van der Waals surface area contributed by atoms with Crippen molar-refractivity contribution in [2.75, 3.05) is 44.4 Å². The standard InChI is InChI=1S/C13H20N2O5S/c14-12-3-1-2-4-13(12)20-7-8-21(17,18)15-5-6-19-11(9-15)10-16/h1-4,11,16H,5-10,14H2. The fourth-order valence-electron chi connectivity index (χ4n) is 2.05. The minimum atomic E-state index is -3.43. The van der Waals surface area contributed by atoms with Gasteiger partial charge < -0.3 is 20.3 Å². The third kappa shape index (κ3) is 4.31. The van der Waals surface area contributed by atoms with Crippen LogP contribution < -0.4 is 10.5 Å². The summed E-state index contributed by atoms with van der Waals surface area (Å²) < 4.78 is 36.4. The van der Waals surface area contributed by atoms with Gasteiger partial charge in [-0.15, -0.1) is 0 Å². The van der Waals surface area contributed by atoms with Gasteiger partial charge in [0, 0.05) is 13.1 Å². The summed E-state index contributed by atoms with van der Waals surface area (Å²) in [6, 6.07) is 6.94. The number of para-hydroxylation sites is 2. The molecule has 1 aliphatic heterocycles. The molecule has 1 fully saturated rings. The number of aliphatic hydroxyl groups is 1. The zero-order valence-electron chi connectivity index (χ0n) is 11.6. The largest absolute Gasteiger partial charge is 0.490 e. The van der Waals surface area contributed by atoms with Crippen molar-refractivity contribution in [3.63, 3.8) is 0 Å². The minimum absolute atomic E-state index is 0.0255. The smallest absolute Gasteiger partial charge is 0.217 e. The Morgan fingerprint density at radius 3 is 2.90 bits per heavy atom. The van der Waals surface area contributed by atoms with Gasteiger partial charge in [-0.05, 0) is 12.1 Å². The fourth-order valence-corrected chi connectivity index (χ4v) is 3.35. The van der Waals surface area contributed by atoms with E-state index in [1.807, 2.05) is 0 Å². The third-order valence-electron chi connectivity index (χ3n) is 3.22. The molecule has 1 atom stereocenters. The lowest BCUT2D eigenvalue weighted by Crippen LogP contribution is -2.48. The van der Waals surface area contributed by atoms with E-state index in [1.54, 1.807) is 24.3 Å². The number of rotatable bonds is 6. The Morgan fingerprint density at radius 2 is 2.19 bits per heavy atom. The van der Waals surface area contributed by atoms with Gasteiger partial charge in [-0.3, -0.25) is 0 Å². The zero-order chi connectivity index (χ0) is 15.3. The highest BCUT2D eigenvalue weighted by atomic mass is 32.2. The lowest BCUT2D eigenvalue weighted by Gasteiger charge is -2.31. The van der Waals surface area contributed by atoms with Gasteiger partial charge in [-0.25, -0.2) is 8.42 Å². The monoisotopic (exact) mass is 316 g/mol. The number of sulfonamides is 1. The number of morpholine rings is 1. The number of aliphatic hydroxyl groups excluding tert-OH is 1. The Labute approximate surface area is 124 Å². The first-order valence-electron chi connectivity index (χ1n) is 6.70. The van der Waals surface area contributed by atoms with E-state index in [4.69, 9.17) is 20.3 Å². The van der Waals surface area contributed by atoms with Crippen molar-refractivity contribution in [2.24, 2.45) is 0 Å². The lowest BCUT2D eigenvalue weighted by molar-refractivity contribution is -0.0305. The molecule has 8 heteroatoms. The van der Waals surface area contributed by atoms with Crippen molar-refractivity contribution in [3.05, 3.63) is 24.3 Å². The van der Waals surface area contributed by atoms with Crippen LogP contribution in [0.4, 0.5) is 5.69 Å². The number of nitrogens with two attached hydrogens (primary N) is 1. The molecule has 0 saturated carbocycles. The molecular weight excluding hydrogens is 296 g/mol. The second kappa shape index (κ2) is 7.08. The quantitative estimate of drug-likeness (QED) is 0.697. The van der Waals surface area contributed by atoms with Gasteiger partial charge in [0.15, 0.2) is 0 Å². The Hall–Kier alpha value is -1.35. The first kappa shape index (κ1) is 16.0. The average molecular weight is 316 g/mol.